The van der Waals surface area contributed by atoms with Gasteiger partial charge in [-0.15, -0.1) is 0 Å². The van der Waals surface area contributed by atoms with Crippen molar-refractivity contribution in [2.45, 2.75) is 32.1 Å². The summed E-state index contributed by atoms with van der Waals surface area (Å²) < 4.78 is 0. The Kier molecular flexibility index (Phi) is 6.21. The average molecular weight is 360 g/mol. The molecule has 2 aliphatic heterocycles. The van der Waals surface area contributed by atoms with Gasteiger partial charge in [-0.3, -0.25) is 9.98 Å². The minimum Gasteiger partial charge on any atom is -0.404 e. The van der Waals surface area contributed by atoms with E-state index < -0.39 is 0 Å². The molecule has 6 heteroatoms. The Labute approximate surface area is 154 Å². The van der Waals surface area contributed by atoms with Crippen LogP contribution in [0.25, 0.3) is 0 Å². The number of hydrogen-bond donors (Lipinski definition) is 1. The lowest BCUT2D eigenvalue weighted by Gasteiger charge is -2.25. The third-order valence-corrected chi connectivity index (χ3v) is 5.20. The van der Waals surface area contributed by atoms with E-state index in [1.165, 1.54) is 25.9 Å². The van der Waals surface area contributed by atoms with Gasteiger partial charge in [0, 0.05) is 30.8 Å². The maximum atomic E-state index is 6.04. The number of nitrogens with zero attached hydrogens (tertiary/aromatic N) is 4. The van der Waals surface area contributed by atoms with Crippen LogP contribution in [0.15, 0.2) is 33.9 Å². The van der Waals surface area contributed by atoms with Crippen LogP contribution in [0.3, 0.4) is 0 Å². The SMILES string of the molecule is CC1c2nc(Cl)ccc2N=CC1C(C=NCCCN1CCCC1)=CN. The van der Waals surface area contributed by atoms with Gasteiger partial charge >= 0.3 is 0 Å². The lowest BCUT2D eigenvalue weighted by Crippen LogP contribution is -2.21. The molecule has 2 N–H and O–H groups in total. The fourth-order valence-electron chi connectivity index (χ4n) is 3.52. The molecule has 0 amide bonds. The summed E-state index contributed by atoms with van der Waals surface area (Å²) in [6.45, 7) is 6.57. The molecule has 1 aromatic rings. The highest BCUT2D eigenvalue weighted by Gasteiger charge is 2.27. The molecule has 3 heterocycles. The molecule has 1 fully saturated rings. The van der Waals surface area contributed by atoms with Crippen LogP contribution < -0.4 is 5.73 Å². The van der Waals surface area contributed by atoms with E-state index in [4.69, 9.17) is 17.3 Å². The number of rotatable bonds is 6. The van der Waals surface area contributed by atoms with Crippen LogP contribution in [0.4, 0.5) is 5.69 Å². The van der Waals surface area contributed by atoms with Gasteiger partial charge in [-0.1, -0.05) is 18.5 Å². The minimum absolute atomic E-state index is 0.0748. The van der Waals surface area contributed by atoms with Crippen molar-refractivity contribution in [3.8, 4) is 0 Å². The molecule has 134 valence electrons. The zero-order chi connectivity index (χ0) is 17.6. The van der Waals surface area contributed by atoms with E-state index in [1.807, 2.05) is 18.5 Å². The normalized spacial score (nSPS) is 24.2. The van der Waals surface area contributed by atoms with Crippen LogP contribution in [0.1, 0.15) is 37.8 Å². The summed E-state index contributed by atoms with van der Waals surface area (Å²) in [7, 11) is 0. The zero-order valence-corrected chi connectivity index (χ0v) is 15.5. The second-order valence-corrected chi connectivity index (χ2v) is 7.12. The number of likely N-dealkylation sites (tertiary alicyclic amines) is 1. The third-order valence-electron chi connectivity index (χ3n) is 4.99. The summed E-state index contributed by atoms with van der Waals surface area (Å²) in [5, 5.41) is 0.496. The van der Waals surface area contributed by atoms with E-state index in [0.29, 0.717) is 5.15 Å². The molecule has 0 aromatic carbocycles. The first-order valence-electron chi connectivity index (χ1n) is 9.03. The predicted molar refractivity (Wildman–Crippen MR) is 105 cm³/mol. The number of allylic oxidation sites excluding steroid dienone is 1. The quantitative estimate of drug-likeness (QED) is 0.479. The molecule has 1 aromatic heterocycles. The summed E-state index contributed by atoms with van der Waals surface area (Å²) in [4.78, 5) is 16.1. The van der Waals surface area contributed by atoms with Crippen molar-refractivity contribution in [2.75, 3.05) is 26.2 Å². The summed E-state index contributed by atoms with van der Waals surface area (Å²) in [5.41, 5.74) is 8.64. The van der Waals surface area contributed by atoms with E-state index in [2.05, 4.69) is 26.8 Å². The Hall–Kier alpha value is -1.72. The first kappa shape index (κ1) is 18.1. The Morgan fingerprint density at radius 2 is 2.20 bits per heavy atom. The molecule has 2 unspecified atom stereocenters. The Bertz CT molecular complexity index is 676. The van der Waals surface area contributed by atoms with Gasteiger partial charge in [-0.05, 0) is 62.8 Å². The van der Waals surface area contributed by atoms with Crippen LogP contribution in [0.2, 0.25) is 5.15 Å². The standard InChI is InChI=1S/C19H26ClN5/c1-14-16(13-23-17-5-6-18(20)24-19(14)17)15(11-21)12-22-7-4-10-25-8-2-3-9-25/h5-6,11-14,16H,2-4,7-10,21H2,1H3. The number of aromatic nitrogens is 1. The van der Waals surface area contributed by atoms with E-state index in [9.17, 15) is 0 Å². The molecule has 5 nitrogen and oxygen atoms in total. The van der Waals surface area contributed by atoms with Crippen molar-refractivity contribution in [3.63, 3.8) is 0 Å². The van der Waals surface area contributed by atoms with Crippen molar-refractivity contribution in [3.05, 3.63) is 34.8 Å². The predicted octanol–water partition coefficient (Wildman–Crippen LogP) is 3.57. The van der Waals surface area contributed by atoms with Crippen molar-refractivity contribution < 1.29 is 0 Å². The van der Waals surface area contributed by atoms with Crippen molar-refractivity contribution in [1.82, 2.24) is 9.88 Å². The molecule has 2 aliphatic rings. The fourth-order valence-corrected chi connectivity index (χ4v) is 3.68. The first-order chi connectivity index (χ1) is 12.2. The maximum Gasteiger partial charge on any atom is 0.129 e. The Morgan fingerprint density at radius 3 is 2.96 bits per heavy atom. The molecule has 2 atom stereocenters. The Morgan fingerprint density at radius 1 is 1.40 bits per heavy atom. The maximum absolute atomic E-state index is 6.04. The fraction of sp³-hybridized carbons (Fsp3) is 0.526. The third kappa shape index (κ3) is 4.47. The summed E-state index contributed by atoms with van der Waals surface area (Å²) in [6.07, 6.45) is 9.23. The molecule has 1 saturated heterocycles. The van der Waals surface area contributed by atoms with Gasteiger partial charge < -0.3 is 10.6 Å². The molecule has 0 aliphatic carbocycles. The highest BCUT2D eigenvalue weighted by atomic mass is 35.5. The number of pyridine rings is 1. The molecular formula is C19H26ClN5. The highest BCUT2D eigenvalue weighted by Crippen LogP contribution is 2.37. The second-order valence-electron chi connectivity index (χ2n) is 6.74. The van der Waals surface area contributed by atoms with Crippen molar-refractivity contribution >= 4 is 29.7 Å². The van der Waals surface area contributed by atoms with Crippen LogP contribution >= 0.6 is 11.6 Å². The zero-order valence-electron chi connectivity index (χ0n) is 14.7. The molecular weight excluding hydrogens is 334 g/mol. The lowest BCUT2D eigenvalue weighted by molar-refractivity contribution is 0.336. The van der Waals surface area contributed by atoms with Gasteiger partial charge in [0.05, 0.1) is 11.4 Å². The summed E-state index contributed by atoms with van der Waals surface area (Å²) in [6, 6.07) is 3.68. The highest BCUT2D eigenvalue weighted by molar-refractivity contribution is 6.29. The number of halogens is 1. The number of nitrogens with two attached hydrogens (primary N) is 1. The van der Waals surface area contributed by atoms with Gasteiger partial charge in [-0.25, -0.2) is 4.98 Å². The van der Waals surface area contributed by atoms with Gasteiger partial charge in [-0.2, -0.15) is 0 Å². The molecule has 0 bridgehead atoms. The molecule has 0 saturated carbocycles. The summed E-state index contributed by atoms with van der Waals surface area (Å²) in [5.74, 6) is 0.239. The van der Waals surface area contributed by atoms with Crippen molar-refractivity contribution in [2.24, 2.45) is 21.6 Å². The van der Waals surface area contributed by atoms with E-state index in [0.717, 1.165) is 36.5 Å². The van der Waals surface area contributed by atoms with E-state index in [-0.39, 0.29) is 11.8 Å². The van der Waals surface area contributed by atoms with Crippen LogP contribution in [0, 0.1) is 5.92 Å². The monoisotopic (exact) mass is 359 g/mol. The Balaban J connectivity index is 1.58. The topological polar surface area (TPSA) is 66.9 Å². The number of hydrogen-bond acceptors (Lipinski definition) is 5. The molecule has 25 heavy (non-hydrogen) atoms. The van der Waals surface area contributed by atoms with Crippen LogP contribution in [-0.4, -0.2) is 48.5 Å². The van der Waals surface area contributed by atoms with Gasteiger partial charge in [0.25, 0.3) is 0 Å². The number of fused-ring (bicyclic) bond motifs is 1. The molecule has 0 spiro atoms. The largest absolute Gasteiger partial charge is 0.404 e. The molecule has 0 radical (unpaired) electrons. The average Bonchev–Trinajstić information content (AvgIpc) is 3.13. The minimum atomic E-state index is 0.0748. The second kappa shape index (κ2) is 8.59. The van der Waals surface area contributed by atoms with Crippen LogP contribution in [0.5, 0.6) is 0 Å². The van der Waals surface area contributed by atoms with E-state index >= 15 is 0 Å². The van der Waals surface area contributed by atoms with Gasteiger partial charge in [0.15, 0.2) is 0 Å². The van der Waals surface area contributed by atoms with Crippen LogP contribution in [-0.2, 0) is 0 Å². The number of aliphatic imine (C=N–C) groups is 2. The first-order valence-corrected chi connectivity index (χ1v) is 9.41. The van der Waals surface area contributed by atoms with Crippen molar-refractivity contribution in [1.29, 1.82) is 0 Å². The van der Waals surface area contributed by atoms with Gasteiger partial charge in [0.1, 0.15) is 5.15 Å². The molecule has 3 rings (SSSR count). The van der Waals surface area contributed by atoms with Gasteiger partial charge in [0.2, 0.25) is 0 Å². The smallest absolute Gasteiger partial charge is 0.129 e. The lowest BCUT2D eigenvalue weighted by atomic mass is 9.84. The van der Waals surface area contributed by atoms with E-state index in [1.54, 1.807) is 12.3 Å². The summed E-state index contributed by atoms with van der Waals surface area (Å²) >= 11 is 6.04.